The van der Waals surface area contributed by atoms with Gasteiger partial charge in [0.2, 0.25) is 0 Å². The number of halogens is 1. The van der Waals surface area contributed by atoms with Crippen molar-refractivity contribution < 1.29 is 14.6 Å². The van der Waals surface area contributed by atoms with Gasteiger partial charge in [0.1, 0.15) is 0 Å². The fourth-order valence-corrected chi connectivity index (χ4v) is 1.43. The van der Waals surface area contributed by atoms with E-state index in [1.54, 1.807) is 12.1 Å². The van der Waals surface area contributed by atoms with Crippen LogP contribution in [-0.2, 0) is 10.6 Å². The molecule has 0 atom stereocenters. The number of aliphatic hydroxyl groups excluding tert-OH is 1. The smallest absolute Gasteiger partial charge is 0.251 e. The number of amides is 1. The van der Waals surface area contributed by atoms with Crippen LogP contribution in [0, 0.1) is 0 Å². The molecule has 0 aliphatic heterocycles. The van der Waals surface area contributed by atoms with Gasteiger partial charge in [0.05, 0.1) is 19.8 Å². The Kier molecular flexibility index (Phi) is 6.62. The van der Waals surface area contributed by atoms with E-state index in [9.17, 15) is 4.79 Å². The molecule has 4 nitrogen and oxygen atoms in total. The molecule has 0 unspecified atom stereocenters. The van der Waals surface area contributed by atoms with Crippen LogP contribution in [0.1, 0.15) is 15.9 Å². The summed E-state index contributed by atoms with van der Waals surface area (Å²) in [6.45, 7) is 1.11. The highest BCUT2D eigenvalue weighted by molar-refractivity contribution is 6.17. The highest BCUT2D eigenvalue weighted by atomic mass is 35.5. The molecule has 0 spiro atoms. The van der Waals surface area contributed by atoms with Gasteiger partial charge in [0.25, 0.3) is 5.91 Å². The predicted molar refractivity (Wildman–Crippen MR) is 66.2 cm³/mol. The molecule has 0 aliphatic rings. The molecule has 0 heterocycles. The molecule has 0 radical (unpaired) electrons. The first kappa shape index (κ1) is 14.0. The van der Waals surface area contributed by atoms with Gasteiger partial charge in [-0.1, -0.05) is 12.1 Å². The lowest BCUT2D eigenvalue weighted by molar-refractivity contribution is 0.0838. The third kappa shape index (κ3) is 5.17. The Morgan fingerprint density at radius 1 is 1.29 bits per heavy atom. The number of hydrogen-bond acceptors (Lipinski definition) is 3. The first-order valence-corrected chi connectivity index (χ1v) is 5.93. The second kappa shape index (κ2) is 8.06. The molecule has 0 bridgehead atoms. The van der Waals surface area contributed by atoms with Crippen LogP contribution >= 0.6 is 11.6 Å². The van der Waals surface area contributed by atoms with E-state index in [0.29, 0.717) is 31.2 Å². The van der Waals surface area contributed by atoms with Crippen molar-refractivity contribution in [3.8, 4) is 0 Å². The molecule has 1 rings (SSSR count). The molecule has 0 fully saturated rings. The van der Waals surface area contributed by atoms with Gasteiger partial charge in [-0.15, -0.1) is 11.6 Å². The van der Waals surface area contributed by atoms with Crippen LogP contribution in [0.15, 0.2) is 24.3 Å². The maximum atomic E-state index is 11.6. The summed E-state index contributed by atoms with van der Waals surface area (Å²) >= 11 is 5.65. The number of hydrogen-bond donors (Lipinski definition) is 2. The fraction of sp³-hybridized carbons (Fsp3) is 0.417. The largest absolute Gasteiger partial charge is 0.394 e. The highest BCUT2D eigenvalue weighted by Gasteiger charge is 2.03. The lowest BCUT2D eigenvalue weighted by Gasteiger charge is -2.06. The summed E-state index contributed by atoms with van der Waals surface area (Å²) < 4.78 is 5.02. The van der Waals surface area contributed by atoms with Crippen LogP contribution in [0.3, 0.4) is 0 Å². The minimum Gasteiger partial charge on any atom is -0.394 e. The Morgan fingerprint density at radius 2 is 2.00 bits per heavy atom. The van der Waals surface area contributed by atoms with E-state index in [4.69, 9.17) is 21.4 Å². The molecule has 1 aromatic carbocycles. The monoisotopic (exact) mass is 257 g/mol. The SMILES string of the molecule is O=C(NCCOCCO)c1ccc(CCl)cc1. The van der Waals surface area contributed by atoms with Crippen LogP contribution < -0.4 is 5.32 Å². The average molecular weight is 258 g/mol. The first-order chi connectivity index (χ1) is 8.27. The summed E-state index contributed by atoms with van der Waals surface area (Å²) in [5, 5.41) is 11.2. The molecule has 5 heteroatoms. The lowest BCUT2D eigenvalue weighted by atomic mass is 10.1. The van der Waals surface area contributed by atoms with Crippen molar-refractivity contribution in [2.75, 3.05) is 26.4 Å². The van der Waals surface area contributed by atoms with Crippen LogP contribution in [0.25, 0.3) is 0 Å². The standard InChI is InChI=1S/C12H16ClNO3/c13-9-10-1-3-11(4-2-10)12(16)14-5-7-17-8-6-15/h1-4,15H,5-9H2,(H,14,16). The number of rotatable bonds is 7. The maximum Gasteiger partial charge on any atom is 0.251 e. The minimum atomic E-state index is -0.140. The van der Waals surface area contributed by atoms with E-state index in [-0.39, 0.29) is 12.5 Å². The number of nitrogens with one attached hydrogen (secondary N) is 1. The zero-order valence-corrected chi connectivity index (χ0v) is 10.2. The van der Waals surface area contributed by atoms with E-state index in [2.05, 4.69) is 5.32 Å². The Morgan fingerprint density at radius 3 is 2.59 bits per heavy atom. The van der Waals surface area contributed by atoms with Crippen molar-refractivity contribution in [1.82, 2.24) is 5.32 Å². The van der Waals surface area contributed by atoms with Crippen LogP contribution in [0.2, 0.25) is 0 Å². The molecule has 1 aromatic rings. The minimum absolute atomic E-state index is 0.00612. The molecule has 94 valence electrons. The Balaban J connectivity index is 2.31. The number of aliphatic hydroxyl groups is 1. The van der Waals surface area contributed by atoms with Gasteiger partial charge in [-0.25, -0.2) is 0 Å². The van der Waals surface area contributed by atoms with Gasteiger partial charge in [-0.05, 0) is 17.7 Å². The number of alkyl halides is 1. The highest BCUT2D eigenvalue weighted by Crippen LogP contribution is 2.06. The van der Waals surface area contributed by atoms with Gasteiger partial charge in [0, 0.05) is 18.0 Å². The molecule has 2 N–H and O–H groups in total. The third-order valence-corrected chi connectivity index (χ3v) is 2.45. The van der Waals surface area contributed by atoms with Crippen molar-refractivity contribution in [3.05, 3.63) is 35.4 Å². The van der Waals surface area contributed by atoms with Gasteiger partial charge < -0.3 is 15.2 Å². The van der Waals surface area contributed by atoms with Crippen LogP contribution in [0.4, 0.5) is 0 Å². The number of ether oxygens (including phenoxy) is 1. The molecule has 0 aliphatic carbocycles. The number of carbonyl (C=O) groups is 1. The fourth-order valence-electron chi connectivity index (χ4n) is 1.25. The van der Waals surface area contributed by atoms with E-state index in [1.165, 1.54) is 0 Å². The molecule has 17 heavy (non-hydrogen) atoms. The van der Waals surface area contributed by atoms with Crippen molar-refractivity contribution in [1.29, 1.82) is 0 Å². The molecular weight excluding hydrogens is 242 g/mol. The zero-order chi connectivity index (χ0) is 12.5. The zero-order valence-electron chi connectivity index (χ0n) is 9.49. The summed E-state index contributed by atoms with van der Waals surface area (Å²) in [5.74, 6) is 0.301. The van der Waals surface area contributed by atoms with Crippen LogP contribution in [-0.4, -0.2) is 37.4 Å². The molecule has 0 saturated carbocycles. The van der Waals surface area contributed by atoms with Gasteiger partial charge in [-0.2, -0.15) is 0 Å². The lowest BCUT2D eigenvalue weighted by Crippen LogP contribution is -2.27. The van der Waals surface area contributed by atoms with Crippen molar-refractivity contribution in [2.24, 2.45) is 0 Å². The summed E-state index contributed by atoms with van der Waals surface area (Å²) in [7, 11) is 0. The predicted octanol–water partition coefficient (Wildman–Crippen LogP) is 1.16. The van der Waals surface area contributed by atoms with E-state index in [1.807, 2.05) is 12.1 Å². The van der Waals surface area contributed by atoms with Gasteiger partial charge in [0.15, 0.2) is 0 Å². The first-order valence-electron chi connectivity index (χ1n) is 5.39. The average Bonchev–Trinajstić information content (AvgIpc) is 2.38. The molecule has 0 saturated heterocycles. The summed E-state index contributed by atoms with van der Waals surface area (Å²) in [6.07, 6.45) is 0. The Labute approximate surface area is 106 Å². The normalized spacial score (nSPS) is 10.2. The number of carbonyl (C=O) groups excluding carboxylic acids is 1. The quantitative estimate of drug-likeness (QED) is 0.569. The van der Waals surface area contributed by atoms with E-state index >= 15 is 0 Å². The second-order valence-corrected chi connectivity index (χ2v) is 3.69. The maximum absolute atomic E-state index is 11.6. The second-order valence-electron chi connectivity index (χ2n) is 3.42. The van der Waals surface area contributed by atoms with Crippen LogP contribution in [0.5, 0.6) is 0 Å². The van der Waals surface area contributed by atoms with E-state index in [0.717, 1.165) is 5.56 Å². The van der Waals surface area contributed by atoms with Crippen molar-refractivity contribution in [2.45, 2.75) is 5.88 Å². The summed E-state index contributed by atoms with van der Waals surface area (Å²) in [5.41, 5.74) is 1.58. The Bertz CT molecular complexity index is 340. The van der Waals surface area contributed by atoms with Gasteiger partial charge in [-0.3, -0.25) is 4.79 Å². The third-order valence-electron chi connectivity index (χ3n) is 2.14. The van der Waals surface area contributed by atoms with Crippen molar-refractivity contribution >= 4 is 17.5 Å². The summed E-state index contributed by atoms with van der Waals surface area (Å²) in [6, 6.07) is 7.12. The number of benzene rings is 1. The van der Waals surface area contributed by atoms with Crippen molar-refractivity contribution in [3.63, 3.8) is 0 Å². The Hall–Kier alpha value is -1.10. The molecule has 1 amide bonds. The van der Waals surface area contributed by atoms with Gasteiger partial charge >= 0.3 is 0 Å². The molecule has 0 aromatic heterocycles. The topological polar surface area (TPSA) is 58.6 Å². The van der Waals surface area contributed by atoms with E-state index < -0.39 is 0 Å². The summed E-state index contributed by atoms with van der Waals surface area (Å²) in [4.78, 5) is 11.6. The molecular formula is C12H16ClNO3.